The lowest BCUT2D eigenvalue weighted by atomic mass is 10.1. The van der Waals surface area contributed by atoms with E-state index < -0.39 is 42.3 Å². The molecule has 2 aromatic rings. The van der Waals surface area contributed by atoms with Crippen LogP contribution in [0, 0.1) is 0 Å². The van der Waals surface area contributed by atoms with Gasteiger partial charge in [-0.1, -0.05) is 23.2 Å². The van der Waals surface area contributed by atoms with E-state index in [1.54, 1.807) is 12.1 Å². The van der Waals surface area contributed by atoms with Gasteiger partial charge in [-0.25, -0.2) is 4.79 Å². The summed E-state index contributed by atoms with van der Waals surface area (Å²) >= 11 is 12.4. The van der Waals surface area contributed by atoms with Gasteiger partial charge in [0.1, 0.15) is 17.8 Å². The molecule has 3 rings (SSSR count). The van der Waals surface area contributed by atoms with Crippen molar-refractivity contribution >= 4 is 58.9 Å². The largest absolute Gasteiger partial charge is 0.480 e. The highest BCUT2D eigenvalue weighted by molar-refractivity contribution is 6.39. The van der Waals surface area contributed by atoms with Gasteiger partial charge in [-0.05, 0) is 42.3 Å². The quantitative estimate of drug-likeness (QED) is 0.286. The second-order valence-corrected chi connectivity index (χ2v) is 8.58. The van der Waals surface area contributed by atoms with E-state index in [1.807, 2.05) is 0 Å². The lowest BCUT2D eigenvalue weighted by molar-refractivity contribution is -0.139. The van der Waals surface area contributed by atoms with Crippen molar-refractivity contribution in [3.63, 3.8) is 0 Å². The Labute approximate surface area is 215 Å². The molecule has 13 heteroatoms. The van der Waals surface area contributed by atoms with Crippen molar-refractivity contribution in [1.29, 1.82) is 0 Å². The second-order valence-electron chi connectivity index (χ2n) is 7.77. The molecule has 0 aliphatic carbocycles. The fourth-order valence-corrected chi connectivity index (χ4v) is 4.01. The van der Waals surface area contributed by atoms with Crippen LogP contribution in [0.15, 0.2) is 41.0 Å². The number of aliphatic carboxylic acids is 1. The first-order valence-electron chi connectivity index (χ1n) is 10.7. The third-order valence-corrected chi connectivity index (χ3v) is 5.73. The van der Waals surface area contributed by atoms with Crippen molar-refractivity contribution in [3.8, 4) is 0 Å². The number of carboxylic acid groups (broad SMARTS) is 1. The Morgan fingerprint density at radius 1 is 1.19 bits per heavy atom. The first-order valence-corrected chi connectivity index (χ1v) is 11.5. The molecule has 1 aliphatic rings. The first-order chi connectivity index (χ1) is 17.1. The van der Waals surface area contributed by atoms with Crippen LogP contribution in [0.5, 0.6) is 0 Å². The molecule has 0 unspecified atom stereocenters. The monoisotopic (exact) mass is 536 g/mol. The van der Waals surface area contributed by atoms with Crippen LogP contribution in [0.25, 0.3) is 6.08 Å². The summed E-state index contributed by atoms with van der Waals surface area (Å²) in [6.45, 7) is -0.360. The van der Waals surface area contributed by atoms with Crippen LogP contribution in [0.1, 0.15) is 34.5 Å². The van der Waals surface area contributed by atoms with Crippen molar-refractivity contribution in [1.82, 2.24) is 21.3 Å². The van der Waals surface area contributed by atoms with Crippen LogP contribution in [0.3, 0.4) is 0 Å². The van der Waals surface area contributed by atoms with E-state index in [0.717, 1.165) is 0 Å². The highest BCUT2D eigenvalue weighted by Crippen LogP contribution is 2.27. The van der Waals surface area contributed by atoms with E-state index in [2.05, 4.69) is 21.3 Å². The highest BCUT2D eigenvalue weighted by Gasteiger charge is 2.29. The number of amides is 4. The number of carbonyl (C=O) groups is 5. The maximum Gasteiger partial charge on any atom is 0.328 e. The third-order valence-electron chi connectivity index (χ3n) is 5.13. The zero-order valence-corrected chi connectivity index (χ0v) is 20.2. The van der Waals surface area contributed by atoms with Gasteiger partial charge in [-0.2, -0.15) is 0 Å². The van der Waals surface area contributed by atoms with Gasteiger partial charge < -0.3 is 30.8 Å². The number of benzene rings is 1. The molecule has 36 heavy (non-hydrogen) atoms. The van der Waals surface area contributed by atoms with Gasteiger partial charge >= 0.3 is 5.97 Å². The average molecular weight is 537 g/mol. The van der Waals surface area contributed by atoms with Crippen LogP contribution in [-0.2, 0) is 25.7 Å². The number of halogens is 2. The summed E-state index contributed by atoms with van der Waals surface area (Å²) in [6.07, 6.45) is 4.76. The van der Waals surface area contributed by atoms with E-state index in [1.165, 1.54) is 30.5 Å². The van der Waals surface area contributed by atoms with Gasteiger partial charge in [0.15, 0.2) is 0 Å². The van der Waals surface area contributed by atoms with Crippen LogP contribution in [-0.4, -0.2) is 53.3 Å². The Bertz CT molecular complexity index is 1170. The predicted octanol–water partition coefficient (Wildman–Crippen LogP) is 1.49. The van der Waals surface area contributed by atoms with Gasteiger partial charge in [-0.15, -0.1) is 0 Å². The molecule has 190 valence electrons. The van der Waals surface area contributed by atoms with Gasteiger partial charge in [0.2, 0.25) is 17.7 Å². The van der Waals surface area contributed by atoms with E-state index in [9.17, 15) is 29.1 Å². The number of hydrogen-bond donors (Lipinski definition) is 5. The molecule has 2 heterocycles. The minimum Gasteiger partial charge on any atom is -0.480 e. The Hall–Kier alpha value is -3.83. The zero-order chi connectivity index (χ0) is 26.2. The molecule has 4 amide bonds. The predicted molar refractivity (Wildman–Crippen MR) is 129 cm³/mol. The zero-order valence-electron chi connectivity index (χ0n) is 18.7. The van der Waals surface area contributed by atoms with E-state index in [4.69, 9.17) is 27.6 Å². The third kappa shape index (κ3) is 7.33. The smallest absolute Gasteiger partial charge is 0.328 e. The first kappa shape index (κ1) is 26.8. The molecular weight excluding hydrogens is 515 g/mol. The Morgan fingerprint density at radius 3 is 2.50 bits per heavy atom. The van der Waals surface area contributed by atoms with Gasteiger partial charge in [0.05, 0.1) is 21.9 Å². The van der Waals surface area contributed by atoms with Crippen molar-refractivity contribution in [2.75, 3.05) is 6.54 Å². The summed E-state index contributed by atoms with van der Waals surface area (Å²) in [7, 11) is 0. The Morgan fingerprint density at radius 2 is 1.92 bits per heavy atom. The summed E-state index contributed by atoms with van der Waals surface area (Å²) < 4.78 is 5.10. The van der Waals surface area contributed by atoms with Crippen LogP contribution < -0.4 is 21.3 Å². The molecule has 1 aliphatic heterocycles. The molecule has 0 spiro atoms. The molecule has 1 fully saturated rings. The average Bonchev–Trinajstić information content (AvgIpc) is 3.50. The summed E-state index contributed by atoms with van der Waals surface area (Å²) in [4.78, 5) is 59.7. The second kappa shape index (κ2) is 12.2. The van der Waals surface area contributed by atoms with Crippen molar-refractivity contribution in [3.05, 3.63) is 63.5 Å². The topological polar surface area (TPSA) is 167 Å². The number of carbonyl (C=O) groups excluding carboxylic acids is 4. The number of hydrogen-bond acceptors (Lipinski definition) is 6. The Kier molecular flexibility index (Phi) is 9.09. The van der Waals surface area contributed by atoms with Gasteiger partial charge in [0, 0.05) is 25.6 Å². The molecule has 0 radical (unpaired) electrons. The number of carboxylic acids is 1. The minimum absolute atomic E-state index is 0.0581. The molecule has 11 nitrogen and oxygen atoms in total. The van der Waals surface area contributed by atoms with Crippen molar-refractivity contribution in [2.45, 2.75) is 31.5 Å². The normalized spacial score (nSPS) is 15.8. The molecule has 1 saturated heterocycles. The number of nitrogens with one attached hydrogen (secondary N) is 4. The maximum absolute atomic E-state index is 12.7. The Balaban J connectivity index is 1.58. The fourth-order valence-electron chi connectivity index (χ4n) is 3.30. The van der Waals surface area contributed by atoms with Gasteiger partial charge in [0.25, 0.3) is 5.91 Å². The van der Waals surface area contributed by atoms with Crippen molar-refractivity contribution < 1.29 is 33.5 Å². The van der Waals surface area contributed by atoms with Gasteiger partial charge in [-0.3, -0.25) is 19.2 Å². The van der Waals surface area contributed by atoms with E-state index >= 15 is 0 Å². The molecule has 5 N–H and O–H groups in total. The maximum atomic E-state index is 12.7. The summed E-state index contributed by atoms with van der Waals surface area (Å²) in [5.41, 5.74) is 0.341. The lowest BCUT2D eigenvalue weighted by Gasteiger charge is -2.18. The summed E-state index contributed by atoms with van der Waals surface area (Å²) in [6, 6.07) is 3.97. The molecule has 1 aromatic heterocycles. The molecule has 0 bridgehead atoms. The number of furan rings is 1. The minimum atomic E-state index is -1.48. The summed E-state index contributed by atoms with van der Waals surface area (Å²) in [5, 5.41) is 19.1. The lowest BCUT2D eigenvalue weighted by Crippen LogP contribution is -2.51. The fraction of sp³-hybridized carbons (Fsp3) is 0.261. The van der Waals surface area contributed by atoms with Crippen LogP contribution in [0.2, 0.25) is 10.0 Å². The summed E-state index contributed by atoms with van der Waals surface area (Å²) in [5.74, 6) is -2.97. The molecule has 1 aromatic carbocycles. The van der Waals surface area contributed by atoms with Crippen molar-refractivity contribution in [2.24, 2.45) is 0 Å². The van der Waals surface area contributed by atoms with Crippen LogP contribution >= 0.6 is 23.2 Å². The molecule has 0 saturated carbocycles. The van der Waals surface area contributed by atoms with E-state index in [0.29, 0.717) is 17.7 Å². The SMILES string of the molecule is O=C(/C=C/c1ccco1)NCc1cc(Cl)c(C(=O)N[C@@H](CNC(=O)[C@@H]2CCC(=O)N2)C(=O)O)c(Cl)c1. The highest BCUT2D eigenvalue weighted by atomic mass is 35.5. The van der Waals surface area contributed by atoms with Crippen LogP contribution in [0.4, 0.5) is 0 Å². The van der Waals surface area contributed by atoms with E-state index in [-0.39, 0.29) is 34.5 Å². The standard InChI is InChI=1S/C23H22Cl2N4O7/c24-14-8-12(10-26-18(30)5-3-13-2-1-7-36-13)9-15(25)20(14)22(33)29-17(23(34)35)11-27-21(32)16-4-6-19(31)28-16/h1-3,5,7-9,16-17H,4,6,10-11H2,(H,26,30)(H,27,32)(H,28,31)(H,29,33)(H,34,35)/b5-3+/t16-,17-/m0/s1. The molecular formula is C23H22Cl2N4O7. The molecule has 2 atom stereocenters. The number of rotatable bonds is 10.